The van der Waals surface area contributed by atoms with Crippen molar-refractivity contribution in [2.24, 2.45) is 0 Å². The normalized spacial score (nSPS) is 14.1. The van der Waals surface area contributed by atoms with Crippen molar-refractivity contribution >= 4 is 21.8 Å². The third kappa shape index (κ3) is 5.12. The molecule has 2 nitrogen and oxygen atoms in total. The van der Waals surface area contributed by atoms with Gasteiger partial charge in [0.05, 0.1) is 6.42 Å². The van der Waals surface area contributed by atoms with Gasteiger partial charge in [0.25, 0.3) is 0 Å². The molecule has 5 heteroatoms. The Kier molecular flexibility index (Phi) is 5.72. The maximum Gasteiger partial charge on any atom is 0.224 e. The largest absolute Gasteiger partial charge is 0.353 e. The number of carbonyl (C=O) groups is 1. The Morgan fingerprint density at radius 3 is 2.56 bits per heavy atom. The average Bonchev–Trinajstić information content (AvgIpc) is 2.21. The molecule has 1 amide bonds. The first-order chi connectivity index (χ1) is 8.38. The zero-order chi connectivity index (χ0) is 13.7. The van der Waals surface area contributed by atoms with Crippen LogP contribution in [0.2, 0.25) is 0 Å². The molecule has 0 saturated carbocycles. The van der Waals surface area contributed by atoms with Crippen molar-refractivity contribution in [2.45, 2.75) is 37.6 Å². The quantitative estimate of drug-likeness (QED) is 0.830. The summed E-state index contributed by atoms with van der Waals surface area (Å²) in [6.45, 7) is 3.90. The van der Waals surface area contributed by atoms with Crippen LogP contribution >= 0.6 is 15.9 Å². The first-order valence-corrected chi connectivity index (χ1v) is 6.67. The van der Waals surface area contributed by atoms with E-state index >= 15 is 0 Å². The van der Waals surface area contributed by atoms with Gasteiger partial charge in [-0.15, -0.1) is 0 Å². The first-order valence-electron chi connectivity index (χ1n) is 5.76. The van der Waals surface area contributed by atoms with Gasteiger partial charge in [0, 0.05) is 10.9 Å². The van der Waals surface area contributed by atoms with E-state index in [9.17, 15) is 13.6 Å². The van der Waals surface area contributed by atoms with E-state index in [1.165, 1.54) is 6.07 Å². The predicted molar refractivity (Wildman–Crippen MR) is 70.7 cm³/mol. The molecule has 2 atom stereocenters. The van der Waals surface area contributed by atoms with Crippen molar-refractivity contribution in [3.05, 3.63) is 35.4 Å². The van der Waals surface area contributed by atoms with Crippen molar-refractivity contribution in [3.63, 3.8) is 0 Å². The Morgan fingerprint density at radius 2 is 2.00 bits per heavy atom. The standard InChI is InChI=1S/C13H16BrF2NO/c1-8(14)5-9(2)17-13(18)7-10-3-4-11(15)12(16)6-10/h3-4,6,8-9H,5,7H2,1-2H3,(H,17,18). The molecule has 0 bridgehead atoms. The zero-order valence-corrected chi connectivity index (χ0v) is 11.9. The number of rotatable bonds is 5. The van der Waals surface area contributed by atoms with Gasteiger partial charge in [-0.2, -0.15) is 0 Å². The fraction of sp³-hybridized carbons (Fsp3) is 0.462. The van der Waals surface area contributed by atoms with E-state index in [4.69, 9.17) is 0 Å². The van der Waals surface area contributed by atoms with Crippen molar-refractivity contribution in [2.75, 3.05) is 0 Å². The van der Waals surface area contributed by atoms with E-state index in [0.717, 1.165) is 18.6 Å². The fourth-order valence-electron chi connectivity index (χ4n) is 1.71. The summed E-state index contributed by atoms with van der Waals surface area (Å²) in [5, 5.41) is 2.81. The molecular weight excluding hydrogens is 304 g/mol. The number of hydrogen-bond donors (Lipinski definition) is 1. The zero-order valence-electron chi connectivity index (χ0n) is 10.3. The van der Waals surface area contributed by atoms with E-state index in [1.54, 1.807) is 0 Å². The second-order valence-corrected chi connectivity index (χ2v) is 5.97. The van der Waals surface area contributed by atoms with E-state index in [-0.39, 0.29) is 18.4 Å². The number of benzene rings is 1. The summed E-state index contributed by atoms with van der Waals surface area (Å²) in [6, 6.07) is 3.53. The molecule has 0 spiro atoms. The Bertz CT molecular complexity index is 423. The number of halogens is 3. The highest BCUT2D eigenvalue weighted by Crippen LogP contribution is 2.10. The van der Waals surface area contributed by atoms with Crippen LogP contribution in [-0.4, -0.2) is 16.8 Å². The lowest BCUT2D eigenvalue weighted by molar-refractivity contribution is -0.121. The van der Waals surface area contributed by atoms with Crippen LogP contribution in [-0.2, 0) is 11.2 Å². The van der Waals surface area contributed by atoms with Crippen molar-refractivity contribution in [3.8, 4) is 0 Å². The summed E-state index contributed by atoms with van der Waals surface area (Å²) in [6.07, 6.45) is 0.863. The minimum atomic E-state index is -0.928. The smallest absolute Gasteiger partial charge is 0.224 e. The molecule has 0 heterocycles. The van der Waals surface area contributed by atoms with Gasteiger partial charge in [0.1, 0.15) is 0 Å². The highest BCUT2D eigenvalue weighted by molar-refractivity contribution is 9.09. The molecule has 0 radical (unpaired) electrons. The van der Waals surface area contributed by atoms with Gasteiger partial charge >= 0.3 is 0 Å². The monoisotopic (exact) mass is 319 g/mol. The maximum atomic E-state index is 13.0. The number of nitrogens with one attached hydrogen (secondary N) is 1. The summed E-state index contributed by atoms with van der Waals surface area (Å²) in [7, 11) is 0. The Morgan fingerprint density at radius 1 is 1.33 bits per heavy atom. The van der Waals surface area contributed by atoms with Crippen LogP contribution in [0.25, 0.3) is 0 Å². The summed E-state index contributed by atoms with van der Waals surface area (Å²) in [5.74, 6) is -2.02. The predicted octanol–water partition coefficient (Wildman–Crippen LogP) is 3.19. The molecule has 1 aromatic rings. The molecule has 0 aliphatic carbocycles. The second kappa shape index (κ2) is 6.83. The van der Waals surface area contributed by atoms with Gasteiger partial charge in [-0.05, 0) is 31.0 Å². The van der Waals surface area contributed by atoms with Crippen LogP contribution in [0.3, 0.4) is 0 Å². The molecule has 100 valence electrons. The van der Waals surface area contributed by atoms with Gasteiger partial charge in [-0.1, -0.05) is 28.9 Å². The molecule has 0 aromatic heterocycles. The summed E-state index contributed by atoms with van der Waals surface area (Å²) in [5.41, 5.74) is 0.463. The summed E-state index contributed by atoms with van der Waals surface area (Å²) < 4.78 is 25.7. The number of carbonyl (C=O) groups excluding carboxylic acids is 1. The maximum absolute atomic E-state index is 13.0. The Balaban J connectivity index is 2.51. The summed E-state index contributed by atoms with van der Waals surface area (Å²) in [4.78, 5) is 12.0. The number of alkyl halides is 1. The van der Waals surface area contributed by atoms with Crippen molar-refractivity contribution < 1.29 is 13.6 Å². The molecule has 1 N–H and O–H groups in total. The minimum Gasteiger partial charge on any atom is -0.353 e. The van der Waals surface area contributed by atoms with Gasteiger partial charge in [0.2, 0.25) is 5.91 Å². The van der Waals surface area contributed by atoms with Crippen molar-refractivity contribution in [1.29, 1.82) is 0 Å². The fourth-order valence-corrected chi connectivity index (χ4v) is 2.27. The highest BCUT2D eigenvalue weighted by Gasteiger charge is 2.11. The molecule has 1 rings (SSSR count). The van der Waals surface area contributed by atoms with E-state index in [2.05, 4.69) is 21.2 Å². The molecule has 0 saturated heterocycles. The SMILES string of the molecule is CC(Br)CC(C)NC(=O)Cc1ccc(F)c(F)c1. The lowest BCUT2D eigenvalue weighted by Gasteiger charge is -2.15. The van der Waals surface area contributed by atoms with Crippen LogP contribution in [0.4, 0.5) is 8.78 Å². The molecule has 2 unspecified atom stereocenters. The molecule has 1 aromatic carbocycles. The minimum absolute atomic E-state index is 0.0390. The van der Waals surface area contributed by atoms with Crippen LogP contribution in [0.15, 0.2) is 18.2 Å². The lowest BCUT2D eigenvalue weighted by Crippen LogP contribution is -2.34. The van der Waals surface area contributed by atoms with Crippen LogP contribution in [0, 0.1) is 11.6 Å². The van der Waals surface area contributed by atoms with Gasteiger partial charge in [-0.3, -0.25) is 4.79 Å². The average molecular weight is 320 g/mol. The van der Waals surface area contributed by atoms with E-state index < -0.39 is 11.6 Å². The lowest BCUT2D eigenvalue weighted by atomic mass is 10.1. The van der Waals surface area contributed by atoms with E-state index in [1.807, 2.05) is 13.8 Å². The molecule has 0 fully saturated rings. The van der Waals surface area contributed by atoms with Crippen LogP contribution in [0.1, 0.15) is 25.8 Å². The third-order valence-corrected chi connectivity index (χ3v) is 2.81. The summed E-state index contributed by atoms with van der Waals surface area (Å²) >= 11 is 3.41. The van der Waals surface area contributed by atoms with E-state index in [0.29, 0.717) is 10.4 Å². The third-order valence-electron chi connectivity index (χ3n) is 2.43. The molecular formula is C13H16BrF2NO. The van der Waals surface area contributed by atoms with Gasteiger partial charge in [-0.25, -0.2) is 8.78 Å². The van der Waals surface area contributed by atoms with Crippen molar-refractivity contribution in [1.82, 2.24) is 5.32 Å². The van der Waals surface area contributed by atoms with Gasteiger partial charge in [0.15, 0.2) is 11.6 Å². The first kappa shape index (κ1) is 15.1. The van der Waals surface area contributed by atoms with Crippen LogP contribution < -0.4 is 5.32 Å². The number of amides is 1. The van der Waals surface area contributed by atoms with Gasteiger partial charge < -0.3 is 5.32 Å². The Labute approximate surface area is 114 Å². The molecule has 18 heavy (non-hydrogen) atoms. The number of hydrogen-bond acceptors (Lipinski definition) is 1. The molecule has 0 aliphatic rings. The molecule has 0 aliphatic heterocycles. The second-order valence-electron chi connectivity index (χ2n) is 4.41. The topological polar surface area (TPSA) is 29.1 Å². The Hall–Kier alpha value is -0.970. The van der Waals surface area contributed by atoms with Crippen LogP contribution in [0.5, 0.6) is 0 Å². The highest BCUT2D eigenvalue weighted by atomic mass is 79.9.